The molecule has 4 nitrogen and oxygen atoms in total. The van der Waals surface area contributed by atoms with Crippen LogP contribution in [0.1, 0.15) is 12.5 Å². The number of aromatic nitrogens is 1. The van der Waals surface area contributed by atoms with E-state index in [0.29, 0.717) is 0 Å². The van der Waals surface area contributed by atoms with Crippen LogP contribution in [0.15, 0.2) is 233 Å². The molecule has 0 saturated heterocycles. The number of hydrogen-bond donors (Lipinski definition) is 0. The Kier molecular flexibility index (Phi) is 8.31. The number of hydrogen-bond acceptors (Lipinski definition) is 3. The van der Waals surface area contributed by atoms with Crippen LogP contribution in [-0.4, -0.2) is 4.57 Å². The lowest BCUT2D eigenvalue weighted by molar-refractivity contribution is 0.648. The lowest BCUT2D eigenvalue weighted by Gasteiger charge is -2.28. The van der Waals surface area contributed by atoms with Gasteiger partial charge in [-0.25, -0.2) is 0 Å². The smallest absolute Gasteiger partial charge is 0.145 e. The number of para-hydroxylation sites is 1. The van der Waals surface area contributed by atoms with Gasteiger partial charge in [0, 0.05) is 49.8 Å². The van der Waals surface area contributed by atoms with Gasteiger partial charge in [-0.1, -0.05) is 152 Å². The molecule has 1 aliphatic carbocycles. The lowest BCUT2D eigenvalue weighted by Crippen LogP contribution is -2.11. The van der Waals surface area contributed by atoms with E-state index in [1.807, 2.05) is 0 Å². The first kappa shape index (κ1) is 36.3. The zero-order valence-corrected chi connectivity index (χ0v) is 34.9. The van der Waals surface area contributed by atoms with E-state index < -0.39 is 0 Å². The maximum absolute atomic E-state index is 7.10. The molecule has 1 aliphatic rings. The van der Waals surface area contributed by atoms with E-state index in [1.165, 1.54) is 21.8 Å². The average Bonchev–Trinajstić information content (AvgIpc) is 4.05. The molecule has 1 atom stereocenters. The maximum atomic E-state index is 7.10. The van der Waals surface area contributed by atoms with Crippen molar-refractivity contribution in [2.75, 3.05) is 4.90 Å². The normalized spacial score (nSPS) is 13.9. The molecule has 3 aromatic heterocycles. The summed E-state index contributed by atoms with van der Waals surface area (Å²) in [6, 6.07) is 71.8. The van der Waals surface area contributed by atoms with Crippen molar-refractivity contribution in [3.8, 4) is 33.4 Å². The third kappa shape index (κ3) is 5.76. The molecule has 302 valence electrons. The zero-order valence-electron chi connectivity index (χ0n) is 34.9. The molecular weight excluding hydrogens is 781 g/mol. The minimum atomic E-state index is 0.192. The minimum Gasteiger partial charge on any atom is -0.456 e. The third-order valence-electron chi connectivity index (χ3n) is 13.1. The molecule has 0 bridgehead atoms. The second kappa shape index (κ2) is 14.6. The van der Waals surface area contributed by atoms with Crippen LogP contribution in [0, 0.1) is 0 Å². The van der Waals surface area contributed by atoms with E-state index in [9.17, 15) is 0 Å². The Hall–Kier alpha value is -8.34. The predicted molar refractivity (Wildman–Crippen MR) is 267 cm³/mol. The van der Waals surface area contributed by atoms with E-state index in [-0.39, 0.29) is 6.04 Å². The molecule has 0 spiro atoms. The van der Waals surface area contributed by atoms with Gasteiger partial charge >= 0.3 is 0 Å². The first-order valence-corrected chi connectivity index (χ1v) is 22.0. The van der Waals surface area contributed by atoms with Gasteiger partial charge in [-0.2, -0.15) is 0 Å². The van der Waals surface area contributed by atoms with Gasteiger partial charge in [0.05, 0.1) is 28.3 Å². The van der Waals surface area contributed by atoms with Crippen LogP contribution in [0.3, 0.4) is 0 Å². The molecular formula is C60H40N2O2. The summed E-state index contributed by atoms with van der Waals surface area (Å²) < 4.78 is 16.4. The zero-order chi connectivity index (χ0) is 42.1. The van der Waals surface area contributed by atoms with Gasteiger partial charge in [0.2, 0.25) is 0 Å². The number of furan rings is 2. The molecule has 9 aromatic carbocycles. The highest BCUT2D eigenvalue weighted by molar-refractivity contribution is 6.21. The van der Waals surface area contributed by atoms with Crippen molar-refractivity contribution in [1.29, 1.82) is 0 Å². The molecule has 1 unspecified atom stereocenters. The Bertz CT molecular complexity index is 3810. The topological polar surface area (TPSA) is 34.5 Å². The van der Waals surface area contributed by atoms with Crippen molar-refractivity contribution < 1.29 is 8.83 Å². The Morgan fingerprint density at radius 2 is 1.03 bits per heavy atom. The number of fused-ring (bicyclic) bond motifs is 9. The highest BCUT2D eigenvalue weighted by Gasteiger charge is 2.27. The van der Waals surface area contributed by atoms with Crippen LogP contribution in [-0.2, 0) is 0 Å². The van der Waals surface area contributed by atoms with E-state index >= 15 is 0 Å². The number of benzene rings is 9. The molecule has 12 aromatic rings. The van der Waals surface area contributed by atoms with Crippen molar-refractivity contribution in [3.05, 3.63) is 224 Å². The fourth-order valence-corrected chi connectivity index (χ4v) is 10.2. The Morgan fingerprint density at radius 3 is 1.75 bits per heavy atom. The molecule has 0 N–H and O–H groups in total. The second-order valence-corrected chi connectivity index (χ2v) is 16.8. The molecule has 0 radical (unpaired) electrons. The highest BCUT2D eigenvalue weighted by Crippen LogP contribution is 2.50. The van der Waals surface area contributed by atoms with Gasteiger partial charge < -0.3 is 18.3 Å². The van der Waals surface area contributed by atoms with Crippen molar-refractivity contribution in [2.24, 2.45) is 0 Å². The molecule has 0 aliphatic heterocycles. The van der Waals surface area contributed by atoms with Crippen molar-refractivity contribution in [1.82, 2.24) is 4.57 Å². The molecule has 4 heteroatoms. The predicted octanol–water partition coefficient (Wildman–Crippen LogP) is 17.1. The lowest BCUT2D eigenvalue weighted by atomic mass is 9.98. The van der Waals surface area contributed by atoms with Crippen molar-refractivity contribution >= 4 is 82.7 Å². The third-order valence-corrected chi connectivity index (χ3v) is 13.1. The van der Waals surface area contributed by atoms with Crippen LogP contribution in [0.25, 0.3) is 99.1 Å². The summed E-state index contributed by atoms with van der Waals surface area (Å²) in [6.07, 6.45) is 9.85. The second-order valence-electron chi connectivity index (χ2n) is 16.8. The first-order chi connectivity index (χ1) is 31.7. The quantitative estimate of drug-likeness (QED) is 0.161. The summed E-state index contributed by atoms with van der Waals surface area (Å²) in [5.41, 5.74) is 15.6. The van der Waals surface area contributed by atoms with Gasteiger partial charge in [-0.15, -0.1) is 0 Å². The summed E-state index contributed by atoms with van der Waals surface area (Å²) in [7, 11) is 0. The number of nitrogens with zero attached hydrogens (tertiary/aromatic N) is 2. The standard InChI is InChI=1S/C60H40N2O2/c1-5-16-39(17-6-1)42-28-31-47-48-33-30-45(38-57(48)63-55(47)36-42)62(53-27-15-26-52-58(53)49-24-13-14-25-51(49)61(52)44-22-11-4-12-23-44)54-35-34-46(41-20-9-3-10-21-41)60-59(54)50-32-29-43(37-56(50)64-60)40-18-7-2-8-19-40/h1-22,24-38,44H,23H2. The fraction of sp³-hybridized carbons (Fsp3) is 0.0333. The minimum absolute atomic E-state index is 0.192. The van der Waals surface area contributed by atoms with E-state index in [0.717, 1.165) is 101 Å². The Balaban J connectivity index is 1.10. The molecule has 0 fully saturated rings. The van der Waals surface area contributed by atoms with Crippen LogP contribution in [0.5, 0.6) is 0 Å². The van der Waals surface area contributed by atoms with Crippen LogP contribution in [0.4, 0.5) is 17.1 Å². The van der Waals surface area contributed by atoms with Crippen molar-refractivity contribution in [3.63, 3.8) is 0 Å². The molecule has 0 amide bonds. The van der Waals surface area contributed by atoms with Gasteiger partial charge in [-0.3, -0.25) is 0 Å². The Morgan fingerprint density at radius 1 is 0.422 bits per heavy atom. The number of allylic oxidation sites excluding steroid dienone is 4. The molecule has 13 rings (SSSR count). The van der Waals surface area contributed by atoms with Gasteiger partial charge in [-0.05, 0) is 101 Å². The summed E-state index contributed by atoms with van der Waals surface area (Å²) in [5.74, 6) is 0. The monoisotopic (exact) mass is 820 g/mol. The molecule has 0 saturated carbocycles. The summed E-state index contributed by atoms with van der Waals surface area (Å²) in [4.78, 5) is 2.44. The van der Waals surface area contributed by atoms with E-state index in [2.05, 4.69) is 234 Å². The number of rotatable bonds is 7. The highest BCUT2D eigenvalue weighted by atomic mass is 16.3. The summed E-state index contributed by atoms with van der Waals surface area (Å²) in [6.45, 7) is 0. The van der Waals surface area contributed by atoms with Crippen LogP contribution >= 0.6 is 0 Å². The molecule has 64 heavy (non-hydrogen) atoms. The fourth-order valence-electron chi connectivity index (χ4n) is 10.2. The van der Waals surface area contributed by atoms with Crippen LogP contribution < -0.4 is 4.90 Å². The van der Waals surface area contributed by atoms with Gasteiger partial charge in [0.25, 0.3) is 0 Å². The molecule has 3 heterocycles. The Labute approximate surface area is 369 Å². The van der Waals surface area contributed by atoms with E-state index in [4.69, 9.17) is 8.83 Å². The van der Waals surface area contributed by atoms with Gasteiger partial charge in [0.1, 0.15) is 22.3 Å². The number of anilines is 3. The van der Waals surface area contributed by atoms with Crippen molar-refractivity contribution in [2.45, 2.75) is 12.5 Å². The first-order valence-electron chi connectivity index (χ1n) is 22.0. The van der Waals surface area contributed by atoms with Crippen LogP contribution in [0.2, 0.25) is 0 Å². The van der Waals surface area contributed by atoms with Gasteiger partial charge in [0.15, 0.2) is 0 Å². The largest absolute Gasteiger partial charge is 0.456 e. The maximum Gasteiger partial charge on any atom is 0.145 e. The SMILES string of the molecule is C1=CCC(n2c3ccccc3c3c(N(c4ccc5c(c4)oc4cc(-c6ccccc6)ccc45)c4ccc(-c5ccccc5)c5oc6cc(-c7ccccc7)ccc6c45)cccc32)C=C1. The summed E-state index contributed by atoms with van der Waals surface area (Å²) >= 11 is 0. The summed E-state index contributed by atoms with van der Waals surface area (Å²) in [5, 5.41) is 6.68. The average molecular weight is 821 g/mol. The van der Waals surface area contributed by atoms with E-state index in [1.54, 1.807) is 0 Å².